The molecule has 0 aliphatic carbocycles. The number of amides is 1. The van der Waals surface area contributed by atoms with Gasteiger partial charge in [0.2, 0.25) is 0 Å². The number of rotatable bonds is 4. The minimum absolute atomic E-state index is 0.320. The zero-order chi connectivity index (χ0) is 15.4. The van der Waals surface area contributed by atoms with E-state index in [0.717, 1.165) is 22.2 Å². The van der Waals surface area contributed by atoms with Gasteiger partial charge < -0.3 is 9.72 Å². The molecule has 110 valence electrons. The number of nitrogens with one attached hydrogen (secondary N) is 2. The topological polar surface area (TPSA) is 79.4 Å². The summed E-state index contributed by atoms with van der Waals surface area (Å²) < 4.78 is 5.21. The number of carbonyl (C=O) groups excluding carboxylic acids is 1. The molecule has 0 fully saturated rings. The van der Waals surface area contributed by atoms with Crippen molar-refractivity contribution in [1.82, 2.24) is 15.4 Å². The number of carbonyl (C=O) groups is 1. The highest BCUT2D eigenvalue weighted by Crippen LogP contribution is 2.22. The number of aromatic nitrogens is 2. The Morgan fingerprint density at radius 2 is 2.27 bits per heavy atom. The number of pyridine rings is 1. The van der Waals surface area contributed by atoms with Gasteiger partial charge in [-0.25, -0.2) is 5.43 Å². The molecule has 2 N–H and O–H groups in total. The zero-order valence-electron chi connectivity index (χ0n) is 11.9. The molecule has 0 bridgehead atoms. The van der Waals surface area contributed by atoms with Gasteiger partial charge in [-0.3, -0.25) is 9.78 Å². The SMILES string of the molecule is COc1ccc2[nH]cc(/C=N/NC(=O)c3ccccn3)c2c1. The maximum atomic E-state index is 11.8. The second-order valence-corrected chi connectivity index (χ2v) is 4.57. The van der Waals surface area contributed by atoms with Crippen molar-refractivity contribution in [2.24, 2.45) is 5.10 Å². The summed E-state index contributed by atoms with van der Waals surface area (Å²) >= 11 is 0. The van der Waals surface area contributed by atoms with Crippen molar-refractivity contribution in [3.8, 4) is 5.75 Å². The number of hydrazone groups is 1. The van der Waals surface area contributed by atoms with E-state index >= 15 is 0 Å². The number of nitrogens with zero attached hydrogens (tertiary/aromatic N) is 2. The van der Waals surface area contributed by atoms with Crippen molar-refractivity contribution in [2.45, 2.75) is 0 Å². The van der Waals surface area contributed by atoms with Gasteiger partial charge in [-0.2, -0.15) is 5.10 Å². The predicted octanol–water partition coefficient (Wildman–Crippen LogP) is 2.34. The Labute approximate surface area is 126 Å². The van der Waals surface area contributed by atoms with Crippen LogP contribution in [0.2, 0.25) is 0 Å². The van der Waals surface area contributed by atoms with Crippen LogP contribution in [0.4, 0.5) is 0 Å². The molecule has 0 aliphatic rings. The van der Waals surface area contributed by atoms with Gasteiger partial charge in [-0.1, -0.05) is 6.07 Å². The lowest BCUT2D eigenvalue weighted by molar-refractivity contribution is 0.0950. The van der Waals surface area contributed by atoms with Crippen LogP contribution in [0.5, 0.6) is 5.75 Å². The normalized spacial score (nSPS) is 11.0. The molecule has 0 unspecified atom stereocenters. The molecule has 1 amide bonds. The number of hydrogen-bond acceptors (Lipinski definition) is 4. The lowest BCUT2D eigenvalue weighted by atomic mass is 10.2. The summed E-state index contributed by atoms with van der Waals surface area (Å²) in [6.07, 6.45) is 4.96. The quantitative estimate of drug-likeness (QED) is 0.572. The van der Waals surface area contributed by atoms with E-state index in [1.54, 1.807) is 37.7 Å². The first-order chi connectivity index (χ1) is 10.8. The fraction of sp³-hybridized carbons (Fsp3) is 0.0625. The fourth-order valence-electron chi connectivity index (χ4n) is 2.07. The molecule has 0 saturated carbocycles. The molecule has 3 aromatic rings. The second-order valence-electron chi connectivity index (χ2n) is 4.57. The van der Waals surface area contributed by atoms with Crippen LogP contribution in [0, 0.1) is 0 Å². The van der Waals surface area contributed by atoms with Crippen molar-refractivity contribution < 1.29 is 9.53 Å². The smallest absolute Gasteiger partial charge is 0.289 e. The van der Waals surface area contributed by atoms with E-state index in [2.05, 4.69) is 20.5 Å². The van der Waals surface area contributed by atoms with E-state index in [4.69, 9.17) is 4.74 Å². The number of methoxy groups -OCH3 is 1. The largest absolute Gasteiger partial charge is 0.497 e. The number of hydrogen-bond donors (Lipinski definition) is 2. The molecule has 22 heavy (non-hydrogen) atoms. The molecule has 6 nitrogen and oxygen atoms in total. The van der Waals surface area contributed by atoms with Crippen LogP contribution in [0.15, 0.2) is 53.9 Å². The number of aromatic amines is 1. The third-order valence-electron chi connectivity index (χ3n) is 3.19. The van der Waals surface area contributed by atoms with Gasteiger partial charge in [-0.05, 0) is 30.3 Å². The maximum absolute atomic E-state index is 11.8. The highest BCUT2D eigenvalue weighted by Gasteiger charge is 2.05. The molecule has 0 aliphatic heterocycles. The monoisotopic (exact) mass is 294 g/mol. The van der Waals surface area contributed by atoms with Gasteiger partial charge >= 0.3 is 0 Å². The van der Waals surface area contributed by atoms with Crippen LogP contribution in [-0.2, 0) is 0 Å². The molecule has 1 aromatic carbocycles. The Morgan fingerprint density at radius 1 is 1.36 bits per heavy atom. The van der Waals surface area contributed by atoms with Crippen molar-refractivity contribution in [2.75, 3.05) is 7.11 Å². The third kappa shape index (κ3) is 2.80. The number of fused-ring (bicyclic) bond motifs is 1. The fourth-order valence-corrected chi connectivity index (χ4v) is 2.07. The Kier molecular flexibility index (Phi) is 3.82. The standard InChI is InChI=1S/C16H14N4O2/c1-22-12-5-6-14-13(8-12)11(9-18-14)10-19-20-16(21)15-4-2-3-7-17-15/h2-10,18H,1H3,(H,20,21)/b19-10+. The minimum Gasteiger partial charge on any atom is -0.497 e. The highest BCUT2D eigenvalue weighted by atomic mass is 16.5. The van der Waals surface area contributed by atoms with Crippen molar-refractivity contribution in [3.63, 3.8) is 0 Å². The van der Waals surface area contributed by atoms with Gasteiger partial charge in [0.1, 0.15) is 11.4 Å². The van der Waals surface area contributed by atoms with Crippen LogP contribution >= 0.6 is 0 Å². The van der Waals surface area contributed by atoms with Crippen LogP contribution in [0.1, 0.15) is 16.1 Å². The molecule has 6 heteroatoms. The molecular formula is C16H14N4O2. The van der Waals surface area contributed by atoms with Gasteiger partial charge in [0.25, 0.3) is 5.91 Å². The van der Waals surface area contributed by atoms with E-state index in [-0.39, 0.29) is 5.91 Å². The van der Waals surface area contributed by atoms with Gasteiger partial charge in [-0.15, -0.1) is 0 Å². The first kappa shape index (κ1) is 13.8. The van der Waals surface area contributed by atoms with E-state index in [0.29, 0.717) is 5.69 Å². The van der Waals surface area contributed by atoms with Crippen molar-refractivity contribution >= 4 is 23.0 Å². The van der Waals surface area contributed by atoms with E-state index in [1.807, 2.05) is 24.4 Å². The highest BCUT2D eigenvalue weighted by molar-refractivity contribution is 6.00. The summed E-state index contributed by atoms with van der Waals surface area (Å²) in [5.74, 6) is 0.411. The summed E-state index contributed by atoms with van der Waals surface area (Å²) in [4.78, 5) is 18.9. The Morgan fingerprint density at radius 3 is 3.05 bits per heavy atom. The van der Waals surface area contributed by atoms with Crippen molar-refractivity contribution in [1.29, 1.82) is 0 Å². The van der Waals surface area contributed by atoms with Crippen LogP contribution in [0.3, 0.4) is 0 Å². The Hall–Kier alpha value is -3.15. The first-order valence-corrected chi connectivity index (χ1v) is 6.67. The molecule has 3 rings (SSSR count). The average molecular weight is 294 g/mol. The lowest BCUT2D eigenvalue weighted by Crippen LogP contribution is -2.18. The first-order valence-electron chi connectivity index (χ1n) is 6.67. The summed E-state index contributed by atoms with van der Waals surface area (Å²) in [7, 11) is 1.62. The summed E-state index contributed by atoms with van der Waals surface area (Å²) in [6.45, 7) is 0. The molecule has 0 saturated heterocycles. The molecule has 2 heterocycles. The molecular weight excluding hydrogens is 280 g/mol. The number of ether oxygens (including phenoxy) is 1. The molecule has 2 aromatic heterocycles. The van der Waals surface area contributed by atoms with Gasteiger partial charge in [0.05, 0.1) is 13.3 Å². The zero-order valence-corrected chi connectivity index (χ0v) is 11.9. The number of benzene rings is 1. The Bertz CT molecular complexity index is 825. The molecule has 0 atom stereocenters. The average Bonchev–Trinajstić information content (AvgIpc) is 2.98. The molecule has 0 spiro atoms. The van der Waals surface area contributed by atoms with E-state index < -0.39 is 0 Å². The van der Waals surface area contributed by atoms with Gasteiger partial charge in [0.15, 0.2) is 0 Å². The predicted molar refractivity (Wildman–Crippen MR) is 84.1 cm³/mol. The number of H-pyrrole nitrogens is 1. The van der Waals surface area contributed by atoms with Crippen LogP contribution in [0.25, 0.3) is 10.9 Å². The van der Waals surface area contributed by atoms with Crippen LogP contribution < -0.4 is 10.2 Å². The summed E-state index contributed by atoms with van der Waals surface area (Å²) in [6, 6.07) is 10.8. The van der Waals surface area contributed by atoms with E-state index in [1.165, 1.54) is 0 Å². The summed E-state index contributed by atoms with van der Waals surface area (Å²) in [5.41, 5.74) is 4.60. The second kappa shape index (κ2) is 6.09. The third-order valence-corrected chi connectivity index (χ3v) is 3.19. The lowest BCUT2D eigenvalue weighted by Gasteiger charge is -2.00. The summed E-state index contributed by atoms with van der Waals surface area (Å²) in [5, 5.41) is 4.94. The molecule has 0 radical (unpaired) electrons. The van der Waals surface area contributed by atoms with E-state index in [9.17, 15) is 4.79 Å². The Balaban J connectivity index is 1.77. The van der Waals surface area contributed by atoms with Gasteiger partial charge in [0, 0.05) is 28.9 Å². The van der Waals surface area contributed by atoms with Crippen molar-refractivity contribution in [3.05, 3.63) is 60.0 Å². The minimum atomic E-state index is -0.353. The maximum Gasteiger partial charge on any atom is 0.289 e. The van der Waals surface area contributed by atoms with Crippen LogP contribution in [-0.4, -0.2) is 29.2 Å².